The van der Waals surface area contributed by atoms with E-state index in [-0.39, 0.29) is 17.9 Å². The molecule has 0 bridgehead atoms. The van der Waals surface area contributed by atoms with E-state index in [0.29, 0.717) is 12.1 Å². The lowest BCUT2D eigenvalue weighted by Gasteiger charge is -2.31. The number of hydrogen-bond donors (Lipinski definition) is 2. The molecule has 0 saturated heterocycles. The molecule has 7 nitrogen and oxygen atoms in total. The normalized spacial score (nSPS) is 13.0. The van der Waals surface area contributed by atoms with Gasteiger partial charge in [0, 0.05) is 6.54 Å². The number of amides is 2. The van der Waals surface area contributed by atoms with Gasteiger partial charge in [0.15, 0.2) is 0 Å². The van der Waals surface area contributed by atoms with Gasteiger partial charge in [-0.2, -0.15) is 0 Å². The van der Waals surface area contributed by atoms with E-state index in [9.17, 15) is 9.59 Å². The SMILES string of the molecule is CCN(CC)C(CNC(=O)C(C)NC(=O)c1ccoc1)c1cccc(OC)c1. The standard InChI is InChI=1S/C21H29N3O4/c1-5-24(6-2)19(16-8-7-9-18(12-16)27-4)13-22-20(25)15(3)23-21(26)17-10-11-28-14-17/h7-12,14-15,19H,5-6,13H2,1-4H3,(H,22,25)(H,23,26). The molecule has 2 rings (SSSR count). The average molecular weight is 387 g/mol. The average Bonchev–Trinajstić information content (AvgIpc) is 3.25. The molecule has 28 heavy (non-hydrogen) atoms. The van der Waals surface area contributed by atoms with Gasteiger partial charge < -0.3 is 19.8 Å². The summed E-state index contributed by atoms with van der Waals surface area (Å²) in [5.74, 6) is 0.197. The third kappa shape index (κ3) is 5.60. The van der Waals surface area contributed by atoms with E-state index in [2.05, 4.69) is 29.4 Å². The van der Waals surface area contributed by atoms with Gasteiger partial charge in [0.05, 0.1) is 25.0 Å². The maximum absolute atomic E-state index is 12.5. The number of methoxy groups -OCH3 is 1. The van der Waals surface area contributed by atoms with Crippen molar-refractivity contribution in [1.82, 2.24) is 15.5 Å². The Bertz CT molecular complexity index is 757. The Morgan fingerprint density at radius 1 is 1.21 bits per heavy atom. The number of likely N-dealkylation sites (N-methyl/N-ethyl adjacent to an activating group) is 1. The smallest absolute Gasteiger partial charge is 0.255 e. The van der Waals surface area contributed by atoms with Gasteiger partial charge in [-0.25, -0.2) is 0 Å². The monoisotopic (exact) mass is 387 g/mol. The van der Waals surface area contributed by atoms with Crippen LogP contribution in [0, 0.1) is 0 Å². The number of furan rings is 1. The molecule has 0 aliphatic heterocycles. The van der Waals surface area contributed by atoms with Crippen molar-refractivity contribution < 1.29 is 18.7 Å². The zero-order valence-electron chi connectivity index (χ0n) is 16.9. The van der Waals surface area contributed by atoms with Crippen molar-refractivity contribution in [2.45, 2.75) is 32.9 Å². The Labute approximate surface area is 166 Å². The predicted octanol–water partition coefficient (Wildman–Crippen LogP) is 2.61. The topological polar surface area (TPSA) is 83.8 Å². The molecule has 1 aromatic carbocycles. The summed E-state index contributed by atoms with van der Waals surface area (Å²) in [7, 11) is 1.64. The summed E-state index contributed by atoms with van der Waals surface area (Å²) in [6, 6.07) is 8.76. The molecule has 7 heteroatoms. The molecule has 1 aromatic heterocycles. The van der Waals surface area contributed by atoms with E-state index in [0.717, 1.165) is 24.4 Å². The van der Waals surface area contributed by atoms with Crippen LogP contribution in [-0.2, 0) is 4.79 Å². The van der Waals surface area contributed by atoms with Crippen LogP contribution in [-0.4, -0.2) is 49.5 Å². The fraction of sp³-hybridized carbons (Fsp3) is 0.429. The second-order valence-corrected chi connectivity index (χ2v) is 6.47. The molecule has 2 aromatic rings. The predicted molar refractivity (Wildman–Crippen MR) is 107 cm³/mol. The van der Waals surface area contributed by atoms with Gasteiger partial charge in [-0.05, 0) is 43.8 Å². The van der Waals surface area contributed by atoms with Crippen LogP contribution in [0.25, 0.3) is 0 Å². The number of ether oxygens (including phenoxy) is 1. The molecular formula is C21H29N3O4. The molecule has 2 N–H and O–H groups in total. The molecule has 0 aliphatic carbocycles. The van der Waals surface area contributed by atoms with Crippen LogP contribution in [0.2, 0.25) is 0 Å². The molecule has 0 aliphatic rings. The summed E-state index contributed by atoms with van der Waals surface area (Å²) < 4.78 is 10.2. The van der Waals surface area contributed by atoms with Crippen LogP contribution in [0.4, 0.5) is 0 Å². The van der Waals surface area contributed by atoms with Gasteiger partial charge in [-0.1, -0.05) is 26.0 Å². The first kappa shape index (κ1) is 21.5. The van der Waals surface area contributed by atoms with Gasteiger partial charge in [0.1, 0.15) is 18.1 Å². The summed E-state index contributed by atoms with van der Waals surface area (Å²) in [6.45, 7) is 7.96. The summed E-state index contributed by atoms with van der Waals surface area (Å²) in [5.41, 5.74) is 1.45. The second kappa shape index (κ2) is 10.5. The van der Waals surface area contributed by atoms with E-state index in [4.69, 9.17) is 9.15 Å². The van der Waals surface area contributed by atoms with Crippen molar-refractivity contribution in [3.8, 4) is 5.75 Å². The highest BCUT2D eigenvalue weighted by molar-refractivity contribution is 5.97. The lowest BCUT2D eigenvalue weighted by Crippen LogP contribution is -2.47. The van der Waals surface area contributed by atoms with Gasteiger partial charge in [-0.15, -0.1) is 0 Å². The van der Waals surface area contributed by atoms with E-state index < -0.39 is 6.04 Å². The van der Waals surface area contributed by atoms with E-state index in [1.54, 1.807) is 20.1 Å². The largest absolute Gasteiger partial charge is 0.497 e. The second-order valence-electron chi connectivity index (χ2n) is 6.47. The Hall–Kier alpha value is -2.80. The number of benzene rings is 1. The number of rotatable bonds is 10. The number of nitrogens with zero attached hydrogens (tertiary/aromatic N) is 1. The third-order valence-electron chi connectivity index (χ3n) is 4.73. The molecular weight excluding hydrogens is 358 g/mol. The van der Waals surface area contributed by atoms with Crippen molar-refractivity contribution in [3.05, 3.63) is 54.0 Å². The highest BCUT2D eigenvalue weighted by Crippen LogP contribution is 2.23. The van der Waals surface area contributed by atoms with Gasteiger partial charge in [0.25, 0.3) is 5.91 Å². The lowest BCUT2D eigenvalue weighted by atomic mass is 10.0. The third-order valence-corrected chi connectivity index (χ3v) is 4.73. The van der Waals surface area contributed by atoms with E-state index in [1.165, 1.54) is 12.5 Å². The van der Waals surface area contributed by atoms with E-state index in [1.807, 2.05) is 24.3 Å². The fourth-order valence-corrected chi connectivity index (χ4v) is 3.06. The first-order valence-electron chi connectivity index (χ1n) is 9.48. The quantitative estimate of drug-likeness (QED) is 0.655. The van der Waals surface area contributed by atoms with Crippen LogP contribution in [0.1, 0.15) is 42.7 Å². The molecule has 0 radical (unpaired) electrons. The van der Waals surface area contributed by atoms with Crippen LogP contribution >= 0.6 is 0 Å². The lowest BCUT2D eigenvalue weighted by molar-refractivity contribution is -0.122. The Kier molecular flexibility index (Phi) is 8.07. The zero-order valence-corrected chi connectivity index (χ0v) is 16.9. The maximum Gasteiger partial charge on any atom is 0.255 e. The molecule has 1 heterocycles. The minimum Gasteiger partial charge on any atom is -0.497 e. The van der Waals surface area contributed by atoms with Crippen molar-refractivity contribution in [1.29, 1.82) is 0 Å². The van der Waals surface area contributed by atoms with Crippen molar-refractivity contribution in [2.75, 3.05) is 26.7 Å². The number of carbonyl (C=O) groups is 2. The van der Waals surface area contributed by atoms with Gasteiger partial charge in [0.2, 0.25) is 5.91 Å². The summed E-state index contributed by atoms with van der Waals surface area (Å²) in [4.78, 5) is 26.9. The fourth-order valence-electron chi connectivity index (χ4n) is 3.06. The van der Waals surface area contributed by atoms with Crippen LogP contribution in [0.3, 0.4) is 0 Å². The van der Waals surface area contributed by atoms with Gasteiger partial charge in [-0.3, -0.25) is 14.5 Å². The minimum atomic E-state index is -0.662. The molecule has 2 amide bonds. The number of hydrogen-bond acceptors (Lipinski definition) is 5. The molecule has 0 saturated carbocycles. The minimum absolute atomic E-state index is 0.00539. The summed E-state index contributed by atoms with van der Waals surface area (Å²) >= 11 is 0. The highest BCUT2D eigenvalue weighted by Gasteiger charge is 2.22. The zero-order chi connectivity index (χ0) is 20.5. The number of nitrogens with one attached hydrogen (secondary N) is 2. The first-order valence-corrected chi connectivity index (χ1v) is 9.48. The Morgan fingerprint density at radius 2 is 1.96 bits per heavy atom. The van der Waals surface area contributed by atoms with Crippen molar-refractivity contribution in [3.63, 3.8) is 0 Å². The van der Waals surface area contributed by atoms with Crippen molar-refractivity contribution >= 4 is 11.8 Å². The van der Waals surface area contributed by atoms with Gasteiger partial charge >= 0.3 is 0 Å². The highest BCUT2D eigenvalue weighted by atomic mass is 16.5. The van der Waals surface area contributed by atoms with Crippen molar-refractivity contribution in [2.24, 2.45) is 0 Å². The van der Waals surface area contributed by atoms with Crippen LogP contribution < -0.4 is 15.4 Å². The van der Waals surface area contributed by atoms with Crippen LogP contribution in [0.5, 0.6) is 5.75 Å². The molecule has 0 spiro atoms. The van der Waals surface area contributed by atoms with Crippen LogP contribution in [0.15, 0.2) is 47.3 Å². The first-order chi connectivity index (χ1) is 13.5. The molecule has 0 fully saturated rings. The number of carbonyl (C=O) groups excluding carboxylic acids is 2. The summed E-state index contributed by atoms with van der Waals surface area (Å²) in [5, 5.41) is 5.64. The van der Waals surface area contributed by atoms with E-state index >= 15 is 0 Å². The Balaban J connectivity index is 2.03. The molecule has 152 valence electrons. The molecule has 2 unspecified atom stereocenters. The molecule has 2 atom stereocenters. The Morgan fingerprint density at radius 3 is 2.57 bits per heavy atom. The maximum atomic E-state index is 12.5. The summed E-state index contributed by atoms with van der Waals surface area (Å²) in [6.07, 6.45) is 2.77.